The van der Waals surface area contributed by atoms with Gasteiger partial charge in [0, 0.05) is 17.8 Å². The molecule has 8 heteroatoms. The molecule has 1 aliphatic heterocycles. The summed E-state index contributed by atoms with van der Waals surface area (Å²) in [5, 5.41) is 5.42. The average molecular weight is 472 g/mol. The molecular weight excluding hydrogens is 450 g/mol. The zero-order valence-electron chi connectivity index (χ0n) is 18.4. The summed E-state index contributed by atoms with van der Waals surface area (Å²) >= 11 is 1.53. The van der Waals surface area contributed by atoms with Crippen LogP contribution in [-0.2, 0) is 14.3 Å². The lowest BCUT2D eigenvalue weighted by Gasteiger charge is -2.27. The molecular formula is C26H21N3O4S. The molecule has 0 spiro atoms. The molecule has 2 aromatic heterocycles. The number of rotatable bonds is 4. The molecule has 0 saturated carbocycles. The first-order chi connectivity index (χ1) is 16.5. The third-order valence-electron chi connectivity index (χ3n) is 5.66. The second-order valence-electron chi connectivity index (χ2n) is 8.01. The van der Waals surface area contributed by atoms with Crippen molar-refractivity contribution in [1.29, 1.82) is 0 Å². The number of carbonyl (C=O) groups is 3. The third-order valence-corrected chi connectivity index (χ3v) is 6.56. The molecule has 1 aliphatic rings. The molecule has 170 valence electrons. The molecule has 2 aromatic carbocycles. The number of benzene rings is 2. The molecule has 5 rings (SSSR count). The first-order valence-electron chi connectivity index (χ1n) is 10.8. The second-order valence-corrected chi connectivity index (χ2v) is 8.96. The van der Waals surface area contributed by atoms with Gasteiger partial charge in [-0.25, -0.2) is 9.78 Å². The Hall–Kier alpha value is -4.04. The number of thiophene rings is 1. The van der Waals surface area contributed by atoms with Gasteiger partial charge in [-0.2, -0.15) is 0 Å². The summed E-state index contributed by atoms with van der Waals surface area (Å²) in [5.41, 5.74) is 2.83. The zero-order valence-corrected chi connectivity index (χ0v) is 19.2. The fourth-order valence-electron chi connectivity index (χ4n) is 4.14. The van der Waals surface area contributed by atoms with Crippen molar-refractivity contribution < 1.29 is 19.1 Å². The van der Waals surface area contributed by atoms with Gasteiger partial charge in [0.15, 0.2) is 6.61 Å². The van der Waals surface area contributed by atoms with Gasteiger partial charge in [-0.3, -0.25) is 9.59 Å². The Bertz CT molecular complexity index is 1400. The highest BCUT2D eigenvalue weighted by Gasteiger charge is 2.30. The van der Waals surface area contributed by atoms with Crippen LogP contribution in [0.1, 0.15) is 23.7 Å². The summed E-state index contributed by atoms with van der Waals surface area (Å²) in [7, 11) is 0. The molecule has 34 heavy (non-hydrogen) atoms. The average Bonchev–Trinajstić information content (AvgIpc) is 3.34. The van der Waals surface area contributed by atoms with Crippen molar-refractivity contribution in [3.05, 3.63) is 77.7 Å². The number of fused-ring (bicyclic) bond motifs is 2. The summed E-state index contributed by atoms with van der Waals surface area (Å²) in [4.78, 5) is 45.6. The smallest absolute Gasteiger partial charge is 0.339 e. The summed E-state index contributed by atoms with van der Waals surface area (Å²) in [5.74, 6) is -1.17. The predicted molar refractivity (Wildman–Crippen MR) is 132 cm³/mol. The number of nitrogens with one attached hydrogen (secondary N) is 1. The first-order valence-corrected chi connectivity index (χ1v) is 11.7. The molecule has 0 unspecified atom stereocenters. The van der Waals surface area contributed by atoms with Gasteiger partial charge in [0.1, 0.15) is 0 Å². The van der Waals surface area contributed by atoms with Crippen molar-refractivity contribution in [3.63, 3.8) is 0 Å². The number of aromatic nitrogens is 1. The standard InChI is InChI=1S/C26H21N3O4S/c1-16-13-24(30)28-20-9-4-5-10-22(20)29(16)25(31)15-33-26(32)18-14-21(23-11-6-12-34-23)27-19-8-3-2-7-17(18)19/h2-12,14,16H,13,15H2,1H3,(H,28,30)/t16-/m0/s1. The monoisotopic (exact) mass is 471 g/mol. The maximum atomic E-state index is 13.2. The van der Waals surface area contributed by atoms with Crippen molar-refractivity contribution in [2.45, 2.75) is 19.4 Å². The minimum Gasteiger partial charge on any atom is -0.452 e. The maximum absolute atomic E-state index is 13.2. The van der Waals surface area contributed by atoms with E-state index in [2.05, 4.69) is 10.3 Å². The van der Waals surface area contributed by atoms with Crippen LogP contribution in [0.2, 0.25) is 0 Å². The van der Waals surface area contributed by atoms with Crippen molar-refractivity contribution >= 4 is 51.4 Å². The lowest BCUT2D eigenvalue weighted by molar-refractivity contribution is -0.122. The first kappa shape index (κ1) is 21.8. The number of hydrogen-bond acceptors (Lipinski definition) is 6. The number of esters is 1. The van der Waals surface area contributed by atoms with E-state index < -0.39 is 18.5 Å². The Morgan fingerprint density at radius 1 is 1.12 bits per heavy atom. The minimum absolute atomic E-state index is 0.146. The fourth-order valence-corrected chi connectivity index (χ4v) is 4.82. The molecule has 2 amide bonds. The van der Waals surface area contributed by atoms with Gasteiger partial charge in [0.05, 0.1) is 33.0 Å². The zero-order chi connectivity index (χ0) is 23.7. The summed E-state index contributed by atoms with van der Waals surface area (Å²) in [6.07, 6.45) is 0.146. The number of amides is 2. The van der Waals surface area contributed by atoms with Crippen LogP contribution in [0.3, 0.4) is 0 Å². The molecule has 7 nitrogen and oxygen atoms in total. The van der Waals surface area contributed by atoms with Crippen LogP contribution in [0.4, 0.5) is 11.4 Å². The van der Waals surface area contributed by atoms with Crippen LogP contribution in [0.25, 0.3) is 21.5 Å². The van der Waals surface area contributed by atoms with E-state index in [1.807, 2.05) is 41.8 Å². The van der Waals surface area contributed by atoms with Gasteiger partial charge in [-0.05, 0) is 42.6 Å². The van der Waals surface area contributed by atoms with E-state index in [9.17, 15) is 14.4 Å². The van der Waals surface area contributed by atoms with Gasteiger partial charge in [-0.15, -0.1) is 11.3 Å². The maximum Gasteiger partial charge on any atom is 0.339 e. The van der Waals surface area contributed by atoms with Crippen molar-refractivity contribution in [3.8, 4) is 10.6 Å². The van der Waals surface area contributed by atoms with Gasteiger partial charge >= 0.3 is 5.97 Å². The van der Waals surface area contributed by atoms with E-state index in [0.717, 1.165) is 4.88 Å². The lowest BCUT2D eigenvalue weighted by atomic mass is 10.1. The number of pyridine rings is 1. The van der Waals surface area contributed by atoms with E-state index >= 15 is 0 Å². The Morgan fingerprint density at radius 2 is 1.91 bits per heavy atom. The Labute approximate surface area is 200 Å². The molecule has 3 heterocycles. The third kappa shape index (κ3) is 4.15. The number of anilines is 2. The molecule has 4 aromatic rings. The predicted octanol–water partition coefficient (Wildman–Crippen LogP) is 4.88. The normalized spacial score (nSPS) is 15.4. The SMILES string of the molecule is C[C@H]1CC(=O)Nc2ccccc2N1C(=O)COC(=O)c1cc(-c2cccs2)nc2ccccc12. The number of hydrogen-bond donors (Lipinski definition) is 1. The van der Waals surface area contributed by atoms with E-state index in [1.54, 1.807) is 37.3 Å². The fraction of sp³-hybridized carbons (Fsp3) is 0.154. The molecule has 1 N–H and O–H groups in total. The number of nitrogens with zero attached hydrogens (tertiary/aromatic N) is 2. The molecule has 0 aliphatic carbocycles. The van der Waals surface area contributed by atoms with Crippen LogP contribution in [-0.4, -0.2) is 35.4 Å². The quantitative estimate of drug-likeness (QED) is 0.429. The Kier molecular flexibility index (Phi) is 5.81. The van der Waals surface area contributed by atoms with Crippen molar-refractivity contribution in [2.75, 3.05) is 16.8 Å². The highest BCUT2D eigenvalue weighted by molar-refractivity contribution is 7.13. The Morgan fingerprint density at radius 3 is 2.74 bits per heavy atom. The molecule has 1 atom stereocenters. The summed E-state index contributed by atoms with van der Waals surface area (Å²) in [6, 6.07) is 19.6. The highest BCUT2D eigenvalue weighted by Crippen LogP contribution is 2.32. The number of carbonyl (C=O) groups excluding carboxylic acids is 3. The number of para-hydroxylation sites is 3. The van der Waals surface area contributed by atoms with Crippen LogP contribution in [0.5, 0.6) is 0 Å². The van der Waals surface area contributed by atoms with E-state index in [-0.39, 0.29) is 18.4 Å². The molecule has 0 saturated heterocycles. The van der Waals surface area contributed by atoms with Gasteiger partial charge in [0.2, 0.25) is 5.91 Å². The Balaban J connectivity index is 1.42. The van der Waals surface area contributed by atoms with Crippen molar-refractivity contribution in [2.24, 2.45) is 0 Å². The molecule has 0 radical (unpaired) electrons. The molecule has 0 bridgehead atoms. The van der Waals surface area contributed by atoms with Crippen LogP contribution >= 0.6 is 11.3 Å². The van der Waals surface area contributed by atoms with Gasteiger partial charge in [0.25, 0.3) is 5.91 Å². The van der Waals surface area contributed by atoms with Gasteiger partial charge < -0.3 is 15.0 Å². The minimum atomic E-state index is -0.602. The number of ether oxygens (including phenoxy) is 1. The summed E-state index contributed by atoms with van der Waals surface area (Å²) in [6.45, 7) is 1.35. The van der Waals surface area contributed by atoms with Crippen LogP contribution < -0.4 is 10.2 Å². The van der Waals surface area contributed by atoms with Crippen LogP contribution in [0.15, 0.2) is 72.1 Å². The van der Waals surface area contributed by atoms with E-state index in [4.69, 9.17) is 4.74 Å². The summed E-state index contributed by atoms with van der Waals surface area (Å²) < 4.78 is 5.49. The topological polar surface area (TPSA) is 88.6 Å². The van der Waals surface area contributed by atoms with E-state index in [1.165, 1.54) is 16.2 Å². The van der Waals surface area contributed by atoms with Gasteiger partial charge in [-0.1, -0.05) is 36.4 Å². The largest absolute Gasteiger partial charge is 0.452 e. The lowest BCUT2D eigenvalue weighted by Crippen LogP contribution is -2.41. The highest BCUT2D eigenvalue weighted by atomic mass is 32.1. The van der Waals surface area contributed by atoms with E-state index in [0.29, 0.717) is 33.5 Å². The van der Waals surface area contributed by atoms with Crippen LogP contribution in [0, 0.1) is 0 Å². The second kappa shape index (κ2) is 9.07. The molecule has 0 fully saturated rings. The van der Waals surface area contributed by atoms with Crippen molar-refractivity contribution in [1.82, 2.24) is 4.98 Å².